The predicted molar refractivity (Wildman–Crippen MR) is 100 cm³/mol. The van der Waals surface area contributed by atoms with Crippen molar-refractivity contribution in [2.45, 2.75) is 24.2 Å². The van der Waals surface area contributed by atoms with Crippen LogP contribution in [0, 0.1) is 5.82 Å². The lowest BCUT2D eigenvalue weighted by molar-refractivity contribution is 0.0469. The van der Waals surface area contributed by atoms with E-state index in [1.807, 2.05) is 0 Å². The molecule has 0 saturated carbocycles. The van der Waals surface area contributed by atoms with Crippen molar-refractivity contribution >= 4 is 21.8 Å². The van der Waals surface area contributed by atoms with Crippen LogP contribution in [0.4, 0.5) is 4.39 Å². The number of rotatable bonds is 6. The van der Waals surface area contributed by atoms with Crippen molar-refractivity contribution in [2.24, 2.45) is 0 Å². The zero-order chi connectivity index (χ0) is 20.1. The van der Waals surface area contributed by atoms with E-state index in [0.717, 1.165) is 25.3 Å². The number of sulfonamides is 1. The highest BCUT2D eigenvalue weighted by Gasteiger charge is 2.30. The monoisotopic (exact) mass is 405 g/mol. The van der Waals surface area contributed by atoms with Gasteiger partial charge in [0.15, 0.2) is 6.61 Å². The van der Waals surface area contributed by atoms with Crippen molar-refractivity contribution in [1.82, 2.24) is 4.31 Å². The van der Waals surface area contributed by atoms with Crippen molar-refractivity contribution in [1.29, 1.82) is 0 Å². The lowest BCUT2D eigenvalue weighted by Crippen LogP contribution is -2.36. The maximum atomic E-state index is 13.7. The first kappa shape index (κ1) is 20.2. The minimum absolute atomic E-state index is 0.144. The molecule has 0 atom stereocenters. The van der Waals surface area contributed by atoms with E-state index >= 15 is 0 Å². The third-order valence-electron chi connectivity index (χ3n) is 4.55. The van der Waals surface area contributed by atoms with Gasteiger partial charge >= 0.3 is 5.97 Å². The Labute approximate surface area is 163 Å². The number of hydrogen-bond donors (Lipinski definition) is 0. The number of piperidine rings is 1. The number of esters is 1. The molecule has 0 aromatic heterocycles. The average molecular weight is 405 g/mol. The van der Waals surface area contributed by atoms with Gasteiger partial charge in [-0.15, -0.1) is 0 Å². The highest BCUT2D eigenvalue weighted by atomic mass is 32.2. The molecule has 6 nitrogen and oxygen atoms in total. The van der Waals surface area contributed by atoms with Crippen molar-refractivity contribution in [3.8, 4) is 0 Å². The van der Waals surface area contributed by atoms with Crippen LogP contribution in [-0.2, 0) is 14.8 Å². The van der Waals surface area contributed by atoms with E-state index < -0.39 is 34.2 Å². The molecule has 8 heteroatoms. The molecule has 1 saturated heterocycles. The summed E-state index contributed by atoms with van der Waals surface area (Å²) in [5.74, 6) is -2.36. The Balaban J connectivity index is 1.78. The van der Waals surface area contributed by atoms with Gasteiger partial charge in [0.25, 0.3) is 0 Å². The molecule has 0 bridgehead atoms. The topological polar surface area (TPSA) is 80.8 Å². The van der Waals surface area contributed by atoms with Gasteiger partial charge in [-0.25, -0.2) is 17.6 Å². The molecule has 1 aliphatic rings. The fourth-order valence-electron chi connectivity index (χ4n) is 3.08. The summed E-state index contributed by atoms with van der Waals surface area (Å²) in [7, 11) is -3.85. The Morgan fingerprint density at radius 3 is 2.21 bits per heavy atom. The SMILES string of the molecule is O=C(COC(=O)c1ccccc1S(=O)(=O)N1CCCCC1)c1ccccc1F. The first-order chi connectivity index (χ1) is 13.4. The lowest BCUT2D eigenvalue weighted by atomic mass is 10.1. The quantitative estimate of drug-likeness (QED) is 0.545. The van der Waals surface area contributed by atoms with Crippen LogP contribution in [0.2, 0.25) is 0 Å². The first-order valence-electron chi connectivity index (χ1n) is 8.95. The minimum Gasteiger partial charge on any atom is -0.454 e. The number of carbonyl (C=O) groups is 2. The molecule has 148 valence electrons. The van der Waals surface area contributed by atoms with E-state index in [0.29, 0.717) is 13.1 Å². The van der Waals surface area contributed by atoms with Gasteiger partial charge in [-0.2, -0.15) is 4.31 Å². The zero-order valence-electron chi connectivity index (χ0n) is 15.1. The van der Waals surface area contributed by atoms with Gasteiger partial charge in [0.1, 0.15) is 5.82 Å². The molecule has 0 N–H and O–H groups in total. The number of ketones is 1. The standard InChI is InChI=1S/C20H20FNO5S/c21-17-10-4-2-8-15(17)18(23)14-27-20(24)16-9-3-5-11-19(16)28(25,26)22-12-6-1-7-13-22/h2-5,8-11H,1,6-7,12-14H2. The Morgan fingerprint density at radius 1 is 0.929 bits per heavy atom. The molecule has 2 aromatic carbocycles. The summed E-state index contributed by atoms with van der Waals surface area (Å²) in [6.45, 7) is 0.118. The number of ether oxygens (including phenoxy) is 1. The molecular formula is C20H20FNO5S. The van der Waals surface area contributed by atoms with Crippen LogP contribution in [0.3, 0.4) is 0 Å². The summed E-state index contributed by atoms with van der Waals surface area (Å²) in [6.07, 6.45) is 2.50. The third kappa shape index (κ3) is 4.28. The van der Waals surface area contributed by atoms with Gasteiger partial charge in [0.05, 0.1) is 16.0 Å². The number of halogens is 1. The smallest absolute Gasteiger partial charge is 0.339 e. The fraction of sp³-hybridized carbons (Fsp3) is 0.300. The maximum Gasteiger partial charge on any atom is 0.339 e. The van der Waals surface area contributed by atoms with Gasteiger partial charge in [-0.05, 0) is 37.1 Å². The van der Waals surface area contributed by atoms with Crippen LogP contribution in [0.5, 0.6) is 0 Å². The van der Waals surface area contributed by atoms with E-state index in [4.69, 9.17) is 4.74 Å². The lowest BCUT2D eigenvalue weighted by Gasteiger charge is -2.26. The molecule has 0 unspecified atom stereocenters. The molecule has 28 heavy (non-hydrogen) atoms. The second-order valence-corrected chi connectivity index (χ2v) is 8.35. The van der Waals surface area contributed by atoms with E-state index in [9.17, 15) is 22.4 Å². The van der Waals surface area contributed by atoms with Crippen LogP contribution < -0.4 is 0 Å². The minimum atomic E-state index is -3.85. The molecule has 0 amide bonds. The van der Waals surface area contributed by atoms with Crippen LogP contribution in [0.15, 0.2) is 53.4 Å². The summed E-state index contributed by atoms with van der Waals surface area (Å²) in [4.78, 5) is 24.4. The van der Waals surface area contributed by atoms with E-state index in [1.54, 1.807) is 0 Å². The Kier molecular flexibility index (Phi) is 6.21. The largest absolute Gasteiger partial charge is 0.454 e. The third-order valence-corrected chi connectivity index (χ3v) is 6.51. The van der Waals surface area contributed by atoms with Crippen LogP contribution in [0.1, 0.15) is 40.0 Å². The normalized spacial score (nSPS) is 15.2. The summed E-state index contributed by atoms with van der Waals surface area (Å²) in [5, 5.41) is 0. The number of benzene rings is 2. The zero-order valence-corrected chi connectivity index (χ0v) is 16.0. The Morgan fingerprint density at radius 2 is 1.54 bits per heavy atom. The van der Waals surface area contributed by atoms with Crippen molar-refractivity contribution < 1.29 is 27.1 Å². The van der Waals surface area contributed by atoms with Gasteiger partial charge in [-0.1, -0.05) is 30.7 Å². The van der Waals surface area contributed by atoms with Gasteiger partial charge in [-0.3, -0.25) is 4.79 Å². The summed E-state index contributed by atoms with van der Waals surface area (Å²) in [6, 6.07) is 11.1. The summed E-state index contributed by atoms with van der Waals surface area (Å²) in [5.41, 5.74) is -0.334. The second kappa shape index (κ2) is 8.62. The fourth-order valence-corrected chi connectivity index (χ4v) is 4.78. The predicted octanol–water partition coefficient (Wildman–Crippen LogP) is 3.04. The summed E-state index contributed by atoms with van der Waals surface area (Å²) < 4.78 is 45.8. The van der Waals surface area contributed by atoms with E-state index in [1.165, 1.54) is 46.8 Å². The molecule has 1 fully saturated rings. The Hall–Kier alpha value is -2.58. The number of hydrogen-bond acceptors (Lipinski definition) is 5. The number of carbonyl (C=O) groups excluding carboxylic acids is 2. The van der Waals surface area contributed by atoms with E-state index in [-0.39, 0.29) is 16.0 Å². The number of Topliss-reactive ketones (excluding diaryl/α,β-unsaturated/α-hetero) is 1. The average Bonchev–Trinajstić information content (AvgIpc) is 2.72. The Bertz CT molecular complexity index is 984. The van der Waals surface area contributed by atoms with Gasteiger partial charge in [0, 0.05) is 13.1 Å². The molecule has 1 heterocycles. The second-order valence-electron chi connectivity index (χ2n) is 6.44. The molecular weight excluding hydrogens is 385 g/mol. The van der Waals surface area contributed by atoms with Crippen LogP contribution >= 0.6 is 0 Å². The number of nitrogens with zero attached hydrogens (tertiary/aromatic N) is 1. The van der Waals surface area contributed by atoms with Crippen LogP contribution in [-0.4, -0.2) is 44.2 Å². The van der Waals surface area contributed by atoms with E-state index in [2.05, 4.69) is 0 Å². The molecule has 3 rings (SSSR count). The highest BCUT2D eigenvalue weighted by molar-refractivity contribution is 7.89. The van der Waals surface area contributed by atoms with Crippen LogP contribution in [0.25, 0.3) is 0 Å². The molecule has 0 spiro atoms. The van der Waals surface area contributed by atoms with Crippen molar-refractivity contribution in [2.75, 3.05) is 19.7 Å². The van der Waals surface area contributed by atoms with Crippen molar-refractivity contribution in [3.63, 3.8) is 0 Å². The van der Waals surface area contributed by atoms with Gasteiger partial charge in [0.2, 0.25) is 15.8 Å². The molecule has 0 radical (unpaired) electrons. The van der Waals surface area contributed by atoms with Crippen molar-refractivity contribution in [3.05, 3.63) is 65.5 Å². The molecule has 2 aromatic rings. The van der Waals surface area contributed by atoms with Gasteiger partial charge < -0.3 is 4.74 Å². The highest BCUT2D eigenvalue weighted by Crippen LogP contribution is 2.24. The summed E-state index contributed by atoms with van der Waals surface area (Å²) >= 11 is 0. The maximum absolute atomic E-state index is 13.7. The molecule has 1 aliphatic heterocycles. The molecule has 0 aliphatic carbocycles. The first-order valence-corrected chi connectivity index (χ1v) is 10.4.